The molecule has 0 saturated heterocycles. The van der Waals surface area contributed by atoms with Gasteiger partial charge in [-0.2, -0.15) is 0 Å². The van der Waals surface area contributed by atoms with E-state index >= 15 is 0 Å². The van der Waals surface area contributed by atoms with Gasteiger partial charge in [-0.15, -0.1) is 11.3 Å². The fourth-order valence-corrected chi connectivity index (χ4v) is 9.45. The van der Waals surface area contributed by atoms with E-state index in [2.05, 4.69) is 30.2 Å². The third-order valence-corrected chi connectivity index (χ3v) is 11.3. The number of rotatable bonds is 3. The lowest BCUT2D eigenvalue weighted by Gasteiger charge is -2.60. The van der Waals surface area contributed by atoms with Crippen LogP contribution in [0.3, 0.4) is 0 Å². The molecule has 1 aromatic heterocycles. The van der Waals surface area contributed by atoms with E-state index in [1.165, 1.54) is 0 Å². The Morgan fingerprint density at radius 1 is 1.17 bits per heavy atom. The number of nitrogens with zero attached hydrogens (tertiary/aromatic N) is 2. The maximum absolute atomic E-state index is 14.6. The van der Waals surface area contributed by atoms with Crippen molar-refractivity contribution >= 4 is 33.4 Å². The number of carbonyl (C=O) groups excluding carboxylic acids is 2. The molecule has 1 aromatic carbocycles. The van der Waals surface area contributed by atoms with Gasteiger partial charge in [0.25, 0.3) is 5.91 Å². The number of thiazole rings is 1. The fourth-order valence-electron chi connectivity index (χ4n) is 8.54. The van der Waals surface area contributed by atoms with Gasteiger partial charge in [-0.25, -0.2) is 9.37 Å². The zero-order valence-electron chi connectivity index (χ0n) is 20.7. The summed E-state index contributed by atoms with van der Waals surface area (Å²) < 4.78 is 15.8. The standard InChI is InChI=1S/C28H34FN3O2S/c1-27-13-12-18-16(8-11-23-28(18,2)14-20(29)26(34)32(23)3)17(27)9-10-19(27)25(33)30-15-24-31-21-6-4-5-7-22(21)35-24/h4-7,14,16-19,23H,8-13,15H2,1-3H3,(H,30,33)/t16?,17-,18?,19+,23+,27-,28+/m0/s1. The highest BCUT2D eigenvalue weighted by Crippen LogP contribution is 2.65. The second kappa shape index (κ2) is 8.12. The van der Waals surface area contributed by atoms with Crippen LogP contribution in [0.5, 0.6) is 0 Å². The first-order chi connectivity index (χ1) is 16.7. The molecule has 0 bridgehead atoms. The van der Waals surface area contributed by atoms with Crippen LogP contribution in [0.2, 0.25) is 0 Å². The highest BCUT2D eigenvalue weighted by molar-refractivity contribution is 7.18. The zero-order valence-corrected chi connectivity index (χ0v) is 21.5. The molecule has 2 heterocycles. The van der Waals surface area contributed by atoms with Crippen molar-refractivity contribution in [3.05, 3.63) is 41.2 Å². The number of halogens is 1. The molecule has 1 aliphatic heterocycles. The Hall–Kier alpha value is -2.28. The Morgan fingerprint density at radius 3 is 2.77 bits per heavy atom. The molecule has 0 radical (unpaired) electrons. The Morgan fingerprint density at radius 2 is 1.97 bits per heavy atom. The number of para-hydroxylation sites is 1. The third kappa shape index (κ3) is 3.40. The zero-order chi connectivity index (χ0) is 24.5. The minimum Gasteiger partial charge on any atom is -0.349 e. The molecule has 6 rings (SSSR count). The molecule has 1 N–H and O–H groups in total. The summed E-state index contributed by atoms with van der Waals surface area (Å²) >= 11 is 1.64. The van der Waals surface area contributed by atoms with Crippen LogP contribution in [0.25, 0.3) is 10.2 Å². The number of fused-ring (bicyclic) bond motifs is 6. The summed E-state index contributed by atoms with van der Waals surface area (Å²) in [5, 5.41) is 4.15. The summed E-state index contributed by atoms with van der Waals surface area (Å²) in [6, 6.07) is 8.14. The van der Waals surface area contributed by atoms with E-state index in [1.807, 2.05) is 18.2 Å². The monoisotopic (exact) mass is 495 g/mol. The largest absolute Gasteiger partial charge is 0.349 e. The first kappa shape index (κ1) is 23.1. The van der Waals surface area contributed by atoms with E-state index in [9.17, 15) is 14.0 Å². The van der Waals surface area contributed by atoms with Crippen molar-refractivity contribution in [2.45, 2.75) is 65.0 Å². The van der Waals surface area contributed by atoms with Gasteiger partial charge in [-0.3, -0.25) is 9.59 Å². The van der Waals surface area contributed by atoms with Crippen LogP contribution in [0.4, 0.5) is 4.39 Å². The van der Waals surface area contributed by atoms with Crippen molar-refractivity contribution in [2.24, 2.45) is 34.5 Å². The fraction of sp³-hybridized carbons (Fsp3) is 0.607. The molecular formula is C28H34FN3O2S. The highest BCUT2D eigenvalue weighted by atomic mass is 32.1. The number of carbonyl (C=O) groups is 2. The van der Waals surface area contributed by atoms with Crippen LogP contribution >= 0.6 is 11.3 Å². The molecule has 2 aromatic rings. The number of aromatic nitrogens is 1. The van der Waals surface area contributed by atoms with Crippen LogP contribution in [-0.4, -0.2) is 34.8 Å². The first-order valence-electron chi connectivity index (χ1n) is 13.0. The first-order valence-corrected chi connectivity index (χ1v) is 13.8. The second-order valence-electron chi connectivity index (χ2n) is 11.7. The molecule has 2 unspecified atom stereocenters. The van der Waals surface area contributed by atoms with Gasteiger partial charge in [0.05, 0.1) is 16.8 Å². The average molecular weight is 496 g/mol. The number of benzene rings is 1. The van der Waals surface area contributed by atoms with Crippen LogP contribution < -0.4 is 5.32 Å². The number of amides is 2. The van der Waals surface area contributed by atoms with E-state index in [0.29, 0.717) is 24.3 Å². The molecule has 4 aliphatic rings. The van der Waals surface area contributed by atoms with E-state index < -0.39 is 11.7 Å². The highest BCUT2D eigenvalue weighted by Gasteiger charge is 2.62. The van der Waals surface area contributed by atoms with Gasteiger partial charge in [-0.05, 0) is 79.9 Å². The predicted molar refractivity (Wildman–Crippen MR) is 135 cm³/mol. The minimum atomic E-state index is -0.598. The van der Waals surface area contributed by atoms with Gasteiger partial charge in [-0.1, -0.05) is 26.0 Å². The van der Waals surface area contributed by atoms with Gasteiger partial charge >= 0.3 is 0 Å². The van der Waals surface area contributed by atoms with Crippen LogP contribution in [-0.2, 0) is 16.1 Å². The molecule has 186 valence electrons. The molecule has 3 saturated carbocycles. The molecule has 35 heavy (non-hydrogen) atoms. The Balaban J connectivity index is 1.19. The summed E-state index contributed by atoms with van der Waals surface area (Å²) in [6.07, 6.45) is 7.54. The maximum atomic E-state index is 14.6. The molecule has 3 aliphatic carbocycles. The normalized spacial score (nSPS) is 38.5. The van der Waals surface area contributed by atoms with Crippen molar-refractivity contribution in [3.63, 3.8) is 0 Å². The number of hydrogen-bond donors (Lipinski definition) is 1. The summed E-state index contributed by atoms with van der Waals surface area (Å²) in [4.78, 5) is 32.0. The Kier molecular flexibility index (Phi) is 5.37. The molecule has 2 amide bonds. The summed E-state index contributed by atoms with van der Waals surface area (Å²) in [5.41, 5.74) is 0.628. The second-order valence-corrected chi connectivity index (χ2v) is 12.8. The lowest BCUT2D eigenvalue weighted by molar-refractivity contribution is -0.145. The molecular weight excluding hydrogens is 461 g/mol. The third-order valence-electron chi connectivity index (χ3n) is 10.2. The lowest BCUT2D eigenvalue weighted by atomic mass is 9.47. The summed E-state index contributed by atoms with van der Waals surface area (Å²) in [6.45, 7) is 4.96. The maximum Gasteiger partial charge on any atom is 0.282 e. The quantitative estimate of drug-likeness (QED) is 0.615. The molecule has 0 spiro atoms. The van der Waals surface area contributed by atoms with Gasteiger partial charge in [0.1, 0.15) is 5.01 Å². The Labute approximate surface area is 210 Å². The topological polar surface area (TPSA) is 62.3 Å². The summed E-state index contributed by atoms with van der Waals surface area (Å²) in [7, 11) is 1.76. The number of hydrogen-bond acceptors (Lipinski definition) is 4. The van der Waals surface area contributed by atoms with Crippen molar-refractivity contribution in [2.75, 3.05) is 7.05 Å². The number of nitrogens with one attached hydrogen (secondary N) is 1. The van der Waals surface area contributed by atoms with E-state index in [-0.39, 0.29) is 28.7 Å². The van der Waals surface area contributed by atoms with Gasteiger partial charge in [0, 0.05) is 24.4 Å². The van der Waals surface area contributed by atoms with Crippen molar-refractivity contribution in [1.82, 2.24) is 15.2 Å². The van der Waals surface area contributed by atoms with E-state index in [1.54, 1.807) is 29.4 Å². The van der Waals surface area contributed by atoms with Crippen LogP contribution in [0.1, 0.15) is 57.4 Å². The average Bonchev–Trinajstić information content (AvgIpc) is 3.41. The summed E-state index contributed by atoms with van der Waals surface area (Å²) in [5.74, 6) is 0.387. The molecule has 7 heteroatoms. The molecule has 5 nitrogen and oxygen atoms in total. The van der Waals surface area contributed by atoms with E-state index in [4.69, 9.17) is 0 Å². The Bertz CT molecular complexity index is 1190. The van der Waals surface area contributed by atoms with Crippen molar-refractivity contribution in [1.29, 1.82) is 0 Å². The van der Waals surface area contributed by atoms with Crippen LogP contribution in [0.15, 0.2) is 36.2 Å². The van der Waals surface area contributed by atoms with Gasteiger partial charge in [0.2, 0.25) is 5.91 Å². The molecule has 3 fully saturated rings. The van der Waals surface area contributed by atoms with E-state index in [0.717, 1.165) is 53.7 Å². The van der Waals surface area contributed by atoms with Crippen LogP contribution in [0, 0.1) is 34.5 Å². The minimum absolute atomic E-state index is 0.0104. The van der Waals surface area contributed by atoms with Gasteiger partial charge < -0.3 is 10.2 Å². The van der Waals surface area contributed by atoms with Crippen molar-refractivity contribution in [3.8, 4) is 0 Å². The number of likely N-dealkylation sites (N-methyl/N-ethyl adjacent to an activating group) is 1. The molecule has 7 atom stereocenters. The van der Waals surface area contributed by atoms with Crippen molar-refractivity contribution < 1.29 is 14.0 Å². The van der Waals surface area contributed by atoms with Gasteiger partial charge in [0.15, 0.2) is 5.83 Å². The smallest absolute Gasteiger partial charge is 0.282 e. The predicted octanol–water partition coefficient (Wildman–Crippen LogP) is 5.47. The lowest BCUT2D eigenvalue weighted by Crippen LogP contribution is -2.60. The SMILES string of the molecule is CN1C(=O)C(F)=C[C@]2(C)C3CC[C@]4(C)[C@@H](C(=O)NCc5nc6ccccc6s5)CC[C@H]4C3CC[C@@H]12.